The molecule has 0 aliphatic heterocycles. The van der Waals surface area contributed by atoms with Crippen molar-refractivity contribution in [3.8, 4) is 0 Å². The third kappa shape index (κ3) is 77.3. The van der Waals surface area contributed by atoms with E-state index in [2.05, 4.69) is 0 Å². The first-order chi connectivity index (χ1) is 3.65. The van der Waals surface area contributed by atoms with Gasteiger partial charge in [-0.2, -0.15) is 0 Å². The van der Waals surface area contributed by atoms with Crippen LogP contribution in [0.1, 0.15) is 13.3 Å². The Morgan fingerprint density at radius 1 is 1.40 bits per heavy atom. The van der Waals surface area contributed by atoms with Gasteiger partial charge in [0.2, 0.25) is 0 Å². The maximum absolute atomic E-state index is 8.33. The summed E-state index contributed by atoms with van der Waals surface area (Å²) in [4.78, 5) is 8.33. The molecule has 0 aromatic heterocycles. The summed E-state index contributed by atoms with van der Waals surface area (Å²) in [5.41, 5.74) is 0. The van der Waals surface area contributed by atoms with Crippen LogP contribution in [0.3, 0.4) is 0 Å². The molecule has 0 saturated carbocycles. The fourth-order valence-corrected chi connectivity index (χ4v) is 0. The number of aliphatic hydroxyl groups excluding tert-OH is 1. The van der Waals surface area contributed by atoms with Crippen LogP contribution in [0.4, 0.5) is 4.79 Å². The molecule has 0 aromatic carbocycles. The number of carboxylic acid groups (broad SMARTS) is 2. The van der Waals surface area contributed by atoms with Gasteiger partial charge in [-0.1, -0.05) is 6.92 Å². The molecule has 0 atom stereocenters. The smallest absolute Gasteiger partial charge is 0.652 e. The molecule has 0 heterocycles. The van der Waals surface area contributed by atoms with Crippen molar-refractivity contribution in [1.29, 1.82) is 0 Å². The Hall–Kier alpha value is 2.50. The normalized spacial score (nSPS) is 5.40. The summed E-state index contributed by atoms with van der Waals surface area (Å²) in [6, 6.07) is 0. The summed E-state index contributed by atoms with van der Waals surface area (Å²) in [5.74, 6) is 0. The van der Waals surface area contributed by atoms with Crippen LogP contribution < -0.4 is 113 Å². The van der Waals surface area contributed by atoms with Crippen molar-refractivity contribution in [1.82, 2.24) is 0 Å². The quantitative estimate of drug-likeness (QED) is 0.424. The first-order valence-electron chi connectivity index (χ1n) is 2.14. The van der Waals surface area contributed by atoms with E-state index in [4.69, 9.17) is 20.1 Å². The molecule has 6 heteroatoms. The van der Waals surface area contributed by atoms with E-state index in [0.29, 0.717) is 6.61 Å². The summed E-state index contributed by atoms with van der Waals surface area (Å²) in [6.07, 6.45) is -1.46. The standard InChI is InChI=1S/C3H8O.CH2O3.2K/c1-2-3-4;2-1(3)4;;/h4H,2-3H2,1H3;(H2,2,3,4);;/q;;2*+1/p-2. The van der Waals surface area contributed by atoms with Gasteiger partial charge in [0.15, 0.2) is 0 Å². The molecular weight excluding hydrogens is 190 g/mol. The van der Waals surface area contributed by atoms with Gasteiger partial charge in [0, 0.05) is 6.61 Å². The molecule has 0 saturated heterocycles. The molecule has 0 aromatic rings. The molecule has 10 heavy (non-hydrogen) atoms. The summed E-state index contributed by atoms with van der Waals surface area (Å²) >= 11 is 0. The number of carbonyl (C=O) groups is 1. The molecule has 0 bridgehead atoms. The summed E-state index contributed by atoms with van der Waals surface area (Å²) in [6.45, 7) is 2.25. The Labute approximate surface area is 145 Å². The van der Waals surface area contributed by atoms with E-state index in [1.54, 1.807) is 0 Å². The molecule has 0 radical (unpaired) electrons. The molecule has 50 valence electrons. The maximum atomic E-state index is 8.33. The Kier molecular flexibility index (Phi) is 51.6. The van der Waals surface area contributed by atoms with Gasteiger partial charge in [-0.25, -0.2) is 0 Å². The van der Waals surface area contributed by atoms with Gasteiger partial charge >= 0.3 is 103 Å². The van der Waals surface area contributed by atoms with Gasteiger partial charge in [-0.15, -0.1) is 0 Å². The minimum Gasteiger partial charge on any atom is -0.652 e. The molecule has 0 aliphatic rings. The van der Waals surface area contributed by atoms with E-state index in [9.17, 15) is 0 Å². The predicted molar refractivity (Wildman–Crippen MR) is 22.8 cm³/mol. The SMILES string of the molecule is CCCO.O=C([O-])[O-].[K+].[K+]. The van der Waals surface area contributed by atoms with Crippen LogP contribution in [0.25, 0.3) is 0 Å². The summed E-state index contributed by atoms with van der Waals surface area (Å²) < 4.78 is 0. The van der Waals surface area contributed by atoms with Gasteiger partial charge in [0.25, 0.3) is 0 Å². The second kappa shape index (κ2) is 22.5. The van der Waals surface area contributed by atoms with Gasteiger partial charge in [0.05, 0.1) is 0 Å². The van der Waals surface area contributed by atoms with E-state index in [1.165, 1.54) is 0 Å². The molecule has 0 spiro atoms. The van der Waals surface area contributed by atoms with Crippen molar-refractivity contribution in [3.05, 3.63) is 0 Å². The Morgan fingerprint density at radius 3 is 1.50 bits per heavy atom. The van der Waals surface area contributed by atoms with Gasteiger partial charge in [-0.3, -0.25) is 0 Å². The average Bonchev–Trinajstić information content (AvgIpc) is 1.65. The Bertz CT molecular complexity index is 53.2. The second-order valence-electron chi connectivity index (χ2n) is 0.974. The molecule has 1 N–H and O–H groups in total. The van der Waals surface area contributed by atoms with Crippen LogP contribution in [-0.2, 0) is 0 Å². The zero-order chi connectivity index (χ0) is 6.99. The van der Waals surface area contributed by atoms with E-state index < -0.39 is 6.16 Å². The van der Waals surface area contributed by atoms with Crippen molar-refractivity contribution < 1.29 is 123 Å². The number of hydrogen-bond acceptors (Lipinski definition) is 4. The number of carbonyl (C=O) groups excluding carboxylic acids is 1. The van der Waals surface area contributed by atoms with Crippen LogP contribution in [0.2, 0.25) is 0 Å². The van der Waals surface area contributed by atoms with Crippen LogP contribution >= 0.6 is 0 Å². The van der Waals surface area contributed by atoms with Crippen molar-refractivity contribution in [2.24, 2.45) is 0 Å². The minimum atomic E-state index is -2.33. The average molecular weight is 198 g/mol. The molecule has 0 fully saturated rings. The molecule has 0 unspecified atom stereocenters. The third-order valence-electron chi connectivity index (χ3n) is 0.224. The Morgan fingerprint density at radius 2 is 1.50 bits per heavy atom. The first-order valence-corrected chi connectivity index (χ1v) is 2.14. The number of rotatable bonds is 1. The monoisotopic (exact) mass is 198 g/mol. The van der Waals surface area contributed by atoms with Gasteiger partial charge in [-0.05, 0) is 12.6 Å². The van der Waals surface area contributed by atoms with Crippen LogP contribution in [0.15, 0.2) is 0 Å². The maximum Gasteiger partial charge on any atom is 1.00 e. The largest absolute Gasteiger partial charge is 1.00 e. The van der Waals surface area contributed by atoms with Crippen molar-refractivity contribution in [3.63, 3.8) is 0 Å². The van der Waals surface area contributed by atoms with Crippen molar-refractivity contribution in [2.45, 2.75) is 13.3 Å². The topological polar surface area (TPSA) is 83.4 Å². The summed E-state index contributed by atoms with van der Waals surface area (Å²) in [5, 5.41) is 24.5. The van der Waals surface area contributed by atoms with Crippen LogP contribution in [-0.4, -0.2) is 17.9 Å². The minimum absolute atomic E-state index is 0. The van der Waals surface area contributed by atoms with Crippen molar-refractivity contribution >= 4 is 6.16 Å². The predicted octanol–water partition coefficient (Wildman–Crippen LogP) is -8.05. The van der Waals surface area contributed by atoms with E-state index in [-0.39, 0.29) is 103 Å². The van der Waals surface area contributed by atoms with E-state index in [1.807, 2.05) is 6.92 Å². The fraction of sp³-hybridized carbons (Fsp3) is 0.750. The van der Waals surface area contributed by atoms with Gasteiger partial charge < -0.3 is 20.1 Å². The third-order valence-corrected chi connectivity index (χ3v) is 0.224. The van der Waals surface area contributed by atoms with E-state index in [0.717, 1.165) is 6.42 Å². The zero-order valence-corrected chi connectivity index (χ0v) is 12.8. The Balaban J connectivity index is -0.0000000300. The van der Waals surface area contributed by atoms with Gasteiger partial charge in [0.1, 0.15) is 0 Å². The van der Waals surface area contributed by atoms with Crippen LogP contribution in [0.5, 0.6) is 0 Å². The fourth-order valence-electron chi connectivity index (χ4n) is 0. The molecular formula is C4H8K2O4. The molecule has 4 nitrogen and oxygen atoms in total. The first kappa shape index (κ1) is 22.9. The number of aliphatic hydroxyl groups is 1. The van der Waals surface area contributed by atoms with E-state index >= 15 is 0 Å². The number of hydrogen-bond donors (Lipinski definition) is 1. The van der Waals surface area contributed by atoms with Crippen molar-refractivity contribution in [2.75, 3.05) is 6.61 Å². The zero-order valence-electron chi connectivity index (χ0n) is 6.59. The molecule has 0 amide bonds. The van der Waals surface area contributed by atoms with Crippen LogP contribution in [0, 0.1) is 0 Å². The second-order valence-corrected chi connectivity index (χ2v) is 0.974. The summed E-state index contributed by atoms with van der Waals surface area (Å²) in [7, 11) is 0. The molecule has 0 rings (SSSR count). The molecule has 0 aliphatic carbocycles.